The number of hydrogen-bond acceptors (Lipinski definition) is 2. The van der Waals surface area contributed by atoms with Gasteiger partial charge in [-0.2, -0.15) is 0 Å². The van der Waals surface area contributed by atoms with E-state index in [1.54, 1.807) is 0 Å². The quantitative estimate of drug-likeness (QED) is 0.776. The fourth-order valence-corrected chi connectivity index (χ4v) is 2.87. The van der Waals surface area contributed by atoms with Gasteiger partial charge in [0, 0.05) is 11.6 Å². The summed E-state index contributed by atoms with van der Waals surface area (Å²) in [7, 11) is 2.01. The van der Waals surface area contributed by atoms with Gasteiger partial charge in [-0.15, -0.1) is 0 Å². The van der Waals surface area contributed by atoms with Crippen LogP contribution in [0.1, 0.15) is 29.7 Å². The second kappa shape index (κ2) is 6.06. The first-order chi connectivity index (χ1) is 10.3. The number of rotatable bonds is 4. The summed E-state index contributed by atoms with van der Waals surface area (Å²) in [6.07, 6.45) is 2.90. The molecule has 0 amide bonds. The molecule has 1 atom stereocenters. The molecule has 0 aliphatic rings. The SMILES string of the molecule is CCc1cccc(C(NC)c2cccc3ncccc23)c1. The van der Waals surface area contributed by atoms with E-state index in [2.05, 4.69) is 65.8 Å². The van der Waals surface area contributed by atoms with E-state index in [0.29, 0.717) is 0 Å². The van der Waals surface area contributed by atoms with Crippen LogP contribution in [0.3, 0.4) is 0 Å². The van der Waals surface area contributed by atoms with Crippen molar-refractivity contribution in [1.29, 1.82) is 0 Å². The lowest BCUT2D eigenvalue weighted by atomic mass is 9.94. The molecule has 0 fully saturated rings. The average Bonchev–Trinajstić information content (AvgIpc) is 2.56. The molecule has 1 N–H and O–H groups in total. The Labute approximate surface area is 125 Å². The number of nitrogens with zero attached hydrogens (tertiary/aromatic N) is 1. The van der Waals surface area contributed by atoms with E-state index in [4.69, 9.17) is 0 Å². The van der Waals surface area contributed by atoms with Gasteiger partial charge in [0.2, 0.25) is 0 Å². The molecule has 1 heterocycles. The van der Waals surface area contributed by atoms with Crippen LogP contribution in [0.15, 0.2) is 60.8 Å². The third kappa shape index (κ3) is 2.67. The molecule has 0 spiro atoms. The minimum absolute atomic E-state index is 0.185. The van der Waals surface area contributed by atoms with Gasteiger partial charge in [-0.05, 0) is 42.3 Å². The van der Waals surface area contributed by atoms with Crippen molar-refractivity contribution in [2.24, 2.45) is 0 Å². The van der Waals surface area contributed by atoms with Crippen molar-refractivity contribution < 1.29 is 0 Å². The van der Waals surface area contributed by atoms with Gasteiger partial charge in [0.15, 0.2) is 0 Å². The Bertz CT molecular complexity index is 744. The fourth-order valence-electron chi connectivity index (χ4n) is 2.87. The summed E-state index contributed by atoms with van der Waals surface area (Å²) in [5.41, 5.74) is 4.98. The molecule has 1 unspecified atom stereocenters. The fraction of sp³-hybridized carbons (Fsp3) is 0.211. The van der Waals surface area contributed by atoms with E-state index in [1.807, 2.05) is 19.3 Å². The van der Waals surface area contributed by atoms with Gasteiger partial charge in [0.25, 0.3) is 0 Å². The first-order valence-corrected chi connectivity index (χ1v) is 7.43. The second-order valence-electron chi connectivity index (χ2n) is 5.24. The highest BCUT2D eigenvalue weighted by molar-refractivity contribution is 5.83. The maximum atomic E-state index is 4.46. The standard InChI is InChI=1S/C19H20N2/c1-3-14-7-4-8-15(13-14)19(20-2)17-9-5-11-18-16(17)10-6-12-21-18/h4-13,19-20H,3H2,1-2H3. The van der Waals surface area contributed by atoms with Crippen molar-refractivity contribution in [1.82, 2.24) is 10.3 Å². The highest BCUT2D eigenvalue weighted by Gasteiger charge is 2.15. The molecule has 0 saturated heterocycles. The van der Waals surface area contributed by atoms with E-state index in [9.17, 15) is 0 Å². The third-order valence-corrected chi connectivity index (χ3v) is 3.97. The molecular formula is C19H20N2. The Morgan fingerprint density at radius 2 is 1.90 bits per heavy atom. The summed E-state index contributed by atoms with van der Waals surface area (Å²) in [4.78, 5) is 4.46. The minimum atomic E-state index is 0.185. The molecule has 0 bridgehead atoms. The monoisotopic (exact) mass is 276 g/mol. The number of benzene rings is 2. The summed E-state index contributed by atoms with van der Waals surface area (Å²) in [6, 6.07) is 19.5. The van der Waals surface area contributed by atoms with Gasteiger partial charge in [0.05, 0.1) is 11.6 Å². The second-order valence-corrected chi connectivity index (χ2v) is 5.24. The molecule has 2 heteroatoms. The Balaban J connectivity index is 2.13. The number of pyridine rings is 1. The van der Waals surface area contributed by atoms with E-state index < -0.39 is 0 Å². The summed E-state index contributed by atoms with van der Waals surface area (Å²) in [6.45, 7) is 2.19. The van der Waals surface area contributed by atoms with Crippen molar-refractivity contribution in [2.75, 3.05) is 7.05 Å². The van der Waals surface area contributed by atoms with Crippen molar-refractivity contribution in [3.05, 3.63) is 77.5 Å². The van der Waals surface area contributed by atoms with E-state index >= 15 is 0 Å². The lowest BCUT2D eigenvalue weighted by molar-refractivity contribution is 0.695. The molecule has 0 radical (unpaired) electrons. The smallest absolute Gasteiger partial charge is 0.0705 e. The van der Waals surface area contributed by atoms with Gasteiger partial charge >= 0.3 is 0 Å². The van der Waals surface area contributed by atoms with Gasteiger partial charge < -0.3 is 5.32 Å². The summed E-state index contributed by atoms with van der Waals surface area (Å²) >= 11 is 0. The normalized spacial score (nSPS) is 12.5. The lowest BCUT2D eigenvalue weighted by Gasteiger charge is -2.19. The maximum Gasteiger partial charge on any atom is 0.0705 e. The topological polar surface area (TPSA) is 24.9 Å². The van der Waals surface area contributed by atoms with Gasteiger partial charge in [-0.25, -0.2) is 0 Å². The Kier molecular flexibility index (Phi) is 3.98. The maximum absolute atomic E-state index is 4.46. The van der Waals surface area contributed by atoms with Crippen LogP contribution in [-0.4, -0.2) is 12.0 Å². The van der Waals surface area contributed by atoms with Crippen LogP contribution in [0.4, 0.5) is 0 Å². The van der Waals surface area contributed by atoms with Crippen LogP contribution in [0.5, 0.6) is 0 Å². The van der Waals surface area contributed by atoms with Crippen molar-refractivity contribution >= 4 is 10.9 Å². The molecule has 3 rings (SSSR count). The molecular weight excluding hydrogens is 256 g/mol. The largest absolute Gasteiger partial charge is 0.309 e. The Morgan fingerprint density at radius 1 is 1.05 bits per heavy atom. The van der Waals surface area contributed by atoms with Crippen molar-refractivity contribution in [2.45, 2.75) is 19.4 Å². The van der Waals surface area contributed by atoms with Crippen LogP contribution in [0, 0.1) is 0 Å². The van der Waals surface area contributed by atoms with Crippen LogP contribution >= 0.6 is 0 Å². The molecule has 0 aliphatic heterocycles. The molecule has 21 heavy (non-hydrogen) atoms. The van der Waals surface area contributed by atoms with E-state index in [-0.39, 0.29) is 6.04 Å². The van der Waals surface area contributed by atoms with Gasteiger partial charge in [0.1, 0.15) is 0 Å². The van der Waals surface area contributed by atoms with Crippen LogP contribution in [0.2, 0.25) is 0 Å². The molecule has 3 aromatic rings. The summed E-state index contributed by atoms with van der Waals surface area (Å²) in [5.74, 6) is 0. The number of aryl methyl sites for hydroxylation is 1. The zero-order valence-electron chi connectivity index (χ0n) is 12.5. The number of nitrogens with one attached hydrogen (secondary N) is 1. The first kappa shape index (κ1) is 13.8. The van der Waals surface area contributed by atoms with Crippen LogP contribution in [-0.2, 0) is 6.42 Å². The van der Waals surface area contributed by atoms with E-state index in [0.717, 1.165) is 11.9 Å². The van der Waals surface area contributed by atoms with Gasteiger partial charge in [-0.3, -0.25) is 4.98 Å². The highest BCUT2D eigenvalue weighted by atomic mass is 14.9. The van der Waals surface area contributed by atoms with E-state index in [1.165, 1.54) is 22.1 Å². The lowest BCUT2D eigenvalue weighted by Crippen LogP contribution is -2.18. The van der Waals surface area contributed by atoms with Gasteiger partial charge in [-0.1, -0.05) is 49.4 Å². The van der Waals surface area contributed by atoms with Crippen molar-refractivity contribution in [3.8, 4) is 0 Å². The highest BCUT2D eigenvalue weighted by Crippen LogP contribution is 2.28. The summed E-state index contributed by atoms with van der Waals surface area (Å²) < 4.78 is 0. The molecule has 106 valence electrons. The Morgan fingerprint density at radius 3 is 2.71 bits per heavy atom. The average molecular weight is 276 g/mol. The first-order valence-electron chi connectivity index (χ1n) is 7.43. The predicted molar refractivity (Wildman–Crippen MR) is 88.5 cm³/mol. The number of hydrogen-bond donors (Lipinski definition) is 1. The zero-order valence-corrected chi connectivity index (χ0v) is 12.5. The van der Waals surface area contributed by atoms with Crippen molar-refractivity contribution in [3.63, 3.8) is 0 Å². The summed E-state index contributed by atoms with van der Waals surface area (Å²) in [5, 5.41) is 4.66. The van der Waals surface area contributed by atoms with Crippen LogP contribution < -0.4 is 5.32 Å². The van der Waals surface area contributed by atoms with Crippen LogP contribution in [0.25, 0.3) is 10.9 Å². The molecule has 1 aromatic heterocycles. The minimum Gasteiger partial charge on any atom is -0.309 e. The molecule has 2 aromatic carbocycles. The molecule has 0 aliphatic carbocycles. The number of aromatic nitrogens is 1. The zero-order chi connectivity index (χ0) is 14.7. The predicted octanol–water partition coefficient (Wildman–Crippen LogP) is 4.11. The third-order valence-electron chi connectivity index (χ3n) is 3.97. The molecule has 2 nitrogen and oxygen atoms in total. The molecule has 0 saturated carbocycles. The Hall–Kier alpha value is -2.19. The number of fused-ring (bicyclic) bond motifs is 1.